The van der Waals surface area contributed by atoms with Crippen molar-refractivity contribution in [2.24, 2.45) is 0 Å². The summed E-state index contributed by atoms with van der Waals surface area (Å²) in [4.78, 5) is 21.9. The number of hydrogen-bond donors (Lipinski definition) is 2. The number of nitrogens with one attached hydrogen (secondary N) is 1. The van der Waals surface area contributed by atoms with Crippen molar-refractivity contribution in [2.45, 2.75) is 25.8 Å². The van der Waals surface area contributed by atoms with E-state index in [-0.39, 0.29) is 18.6 Å². The first-order chi connectivity index (χ1) is 9.13. The maximum atomic E-state index is 11.7. The first kappa shape index (κ1) is 15.2. The smallest absolute Gasteiger partial charge is 0.329 e. The Kier molecular flexibility index (Phi) is 6.60. The molecule has 0 heterocycles. The van der Waals surface area contributed by atoms with Crippen LogP contribution in [0.1, 0.15) is 31.4 Å². The zero-order valence-electron chi connectivity index (χ0n) is 11.0. The van der Waals surface area contributed by atoms with Crippen LogP contribution in [0.2, 0.25) is 0 Å². The number of hydrogen-bond acceptors (Lipinski definition) is 3. The van der Waals surface area contributed by atoms with Crippen molar-refractivity contribution < 1.29 is 19.4 Å². The quantitative estimate of drug-likeness (QED) is 0.750. The summed E-state index contributed by atoms with van der Waals surface area (Å²) >= 11 is 0. The molecule has 0 aliphatic carbocycles. The van der Waals surface area contributed by atoms with Crippen LogP contribution in [0.5, 0.6) is 0 Å². The van der Waals surface area contributed by atoms with Gasteiger partial charge in [-0.1, -0.05) is 43.7 Å². The number of amides is 1. The van der Waals surface area contributed by atoms with Crippen LogP contribution in [0, 0.1) is 0 Å². The van der Waals surface area contributed by atoms with E-state index in [2.05, 4.69) is 5.32 Å². The fourth-order valence-electron chi connectivity index (χ4n) is 1.76. The Hall–Kier alpha value is -1.88. The molecular weight excluding hydrogens is 246 g/mol. The second-order valence-electron chi connectivity index (χ2n) is 4.21. The molecule has 0 spiro atoms. The highest BCUT2D eigenvalue weighted by atomic mass is 16.5. The van der Waals surface area contributed by atoms with E-state index in [1.54, 1.807) is 0 Å². The van der Waals surface area contributed by atoms with Gasteiger partial charge in [-0.25, -0.2) is 4.79 Å². The molecule has 0 aliphatic rings. The topological polar surface area (TPSA) is 75.6 Å². The normalized spacial score (nSPS) is 11.8. The molecule has 0 aromatic heterocycles. The lowest BCUT2D eigenvalue weighted by molar-refractivity contribution is -0.143. The molecule has 19 heavy (non-hydrogen) atoms. The molecule has 104 valence electrons. The maximum absolute atomic E-state index is 11.7. The second kappa shape index (κ2) is 8.26. The average Bonchev–Trinajstić information content (AvgIpc) is 2.39. The lowest BCUT2D eigenvalue weighted by Gasteiger charge is -2.18. The number of benzene rings is 1. The van der Waals surface area contributed by atoms with Crippen molar-refractivity contribution >= 4 is 11.9 Å². The summed E-state index contributed by atoms with van der Waals surface area (Å²) in [5.74, 6) is -1.38. The Balaban J connectivity index is 2.49. The van der Waals surface area contributed by atoms with Gasteiger partial charge in [-0.15, -0.1) is 0 Å². The molecule has 0 saturated heterocycles. The summed E-state index contributed by atoms with van der Waals surface area (Å²) in [5, 5.41) is 11.3. The van der Waals surface area contributed by atoms with Gasteiger partial charge in [-0.05, 0) is 12.0 Å². The van der Waals surface area contributed by atoms with Crippen molar-refractivity contribution in [1.29, 1.82) is 0 Å². The Morgan fingerprint density at radius 3 is 2.53 bits per heavy atom. The van der Waals surface area contributed by atoms with E-state index in [0.29, 0.717) is 0 Å². The highest BCUT2D eigenvalue weighted by Gasteiger charge is 2.13. The van der Waals surface area contributed by atoms with Crippen molar-refractivity contribution in [3.05, 3.63) is 35.9 Å². The molecule has 1 rings (SSSR count). The van der Waals surface area contributed by atoms with Crippen LogP contribution in [0.25, 0.3) is 0 Å². The fourth-order valence-corrected chi connectivity index (χ4v) is 1.76. The standard InChI is InChI=1S/C14H19NO4/c1-2-6-12(11-7-4-3-5-8-11)15-13(16)9-19-10-14(17)18/h3-5,7-8,12H,2,6,9-10H2,1H3,(H,15,16)(H,17,18). The molecule has 5 heteroatoms. The van der Waals surface area contributed by atoms with E-state index in [9.17, 15) is 9.59 Å². The Morgan fingerprint density at radius 1 is 1.26 bits per heavy atom. The van der Waals surface area contributed by atoms with Crippen LogP contribution in [0.4, 0.5) is 0 Å². The zero-order valence-corrected chi connectivity index (χ0v) is 11.0. The van der Waals surface area contributed by atoms with E-state index in [1.165, 1.54) is 0 Å². The highest BCUT2D eigenvalue weighted by molar-refractivity contribution is 5.78. The van der Waals surface area contributed by atoms with E-state index in [4.69, 9.17) is 9.84 Å². The van der Waals surface area contributed by atoms with Crippen molar-refractivity contribution in [3.8, 4) is 0 Å². The van der Waals surface area contributed by atoms with Crippen LogP contribution < -0.4 is 5.32 Å². The van der Waals surface area contributed by atoms with Crippen molar-refractivity contribution in [2.75, 3.05) is 13.2 Å². The summed E-state index contributed by atoms with van der Waals surface area (Å²) < 4.78 is 4.76. The number of aliphatic carboxylic acids is 1. The molecule has 1 aromatic carbocycles. The maximum Gasteiger partial charge on any atom is 0.329 e. The van der Waals surface area contributed by atoms with E-state index >= 15 is 0 Å². The number of carbonyl (C=O) groups excluding carboxylic acids is 1. The highest BCUT2D eigenvalue weighted by Crippen LogP contribution is 2.17. The lowest BCUT2D eigenvalue weighted by Crippen LogP contribution is -2.32. The van der Waals surface area contributed by atoms with Gasteiger partial charge >= 0.3 is 5.97 Å². The molecule has 1 unspecified atom stereocenters. The number of rotatable bonds is 8. The first-order valence-corrected chi connectivity index (χ1v) is 6.27. The molecule has 5 nitrogen and oxygen atoms in total. The minimum atomic E-state index is -1.08. The molecule has 1 atom stereocenters. The van der Waals surface area contributed by atoms with Gasteiger partial charge in [0, 0.05) is 0 Å². The molecular formula is C14H19NO4. The third-order valence-corrected chi connectivity index (χ3v) is 2.57. The Bertz CT molecular complexity index is 405. The van der Waals surface area contributed by atoms with Crippen LogP contribution in [-0.2, 0) is 14.3 Å². The van der Waals surface area contributed by atoms with Gasteiger partial charge in [-0.3, -0.25) is 4.79 Å². The number of carboxylic acids is 1. The van der Waals surface area contributed by atoms with Crippen LogP contribution in [-0.4, -0.2) is 30.2 Å². The third-order valence-electron chi connectivity index (χ3n) is 2.57. The van der Waals surface area contributed by atoms with Crippen LogP contribution in [0.3, 0.4) is 0 Å². The fraction of sp³-hybridized carbons (Fsp3) is 0.429. The molecule has 1 amide bonds. The first-order valence-electron chi connectivity index (χ1n) is 6.27. The van der Waals surface area contributed by atoms with Gasteiger partial charge in [0.15, 0.2) is 0 Å². The second-order valence-corrected chi connectivity index (χ2v) is 4.21. The summed E-state index contributed by atoms with van der Waals surface area (Å²) in [5.41, 5.74) is 1.04. The molecule has 0 saturated carbocycles. The van der Waals surface area contributed by atoms with Crippen LogP contribution >= 0.6 is 0 Å². The predicted octanol–water partition coefficient (Wildman–Crippen LogP) is 1.75. The zero-order chi connectivity index (χ0) is 14.1. The van der Waals surface area contributed by atoms with Crippen molar-refractivity contribution in [1.82, 2.24) is 5.32 Å². The SMILES string of the molecule is CCCC(NC(=O)COCC(=O)O)c1ccccc1. The van der Waals surface area contributed by atoms with Gasteiger partial charge in [0.1, 0.15) is 13.2 Å². The average molecular weight is 265 g/mol. The predicted molar refractivity (Wildman–Crippen MR) is 70.7 cm³/mol. The van der Waals surface area contributed by atoms with E-state index in [1.807, 2.05) is 37.3 Å². The molecule has 0 fully saturated rings. The minimum Gasteiger partial charge on any atom is -0.480 e. The third kappa shape index (κ3) is 6.01. The molecule has 2 N–H and O–H groups in total. The molecule has 0 aliphatic heterocycles. The number of carboxylic acid groups (broad SMARTS) is 1. The largest absolute Gasteiger partial charge is 0.480 e. The van der Waals surface area contributed by atoms with Crippen LogP contribution in [0.15, 0.2) is 30.3 Å². The van der Waals surface area contributed by atoms with E-state index < -0.39 is 12.6 Å². The monoisotopic (exact) mass is 265 g/mol. The summed E-state index contributed by atoms with van der Waals surface area (Å²) in [6.45, 7) is 1.35. The van der Waals surface area contributed by atoms with Gasteiger partial charge < -0.3 is 15.2 Å². The molecule has 1 aromatic rings. The lowest BCUT2D eigenvalue weighted by atomic mass is 10.0. The summed E-state index contributed by atoms with van der Waals surface area (Å²) in [6.07, 6.45) is 1.77. The summed E-state index contributed by atoms with van der Waals surface area (Å²) in [7, 11) is 0. The number of carbonyl (C=O) groups is 2. The van der Waals surface area contributed by atoms with Gasteiger partial charge in [0.2, 0.25) is 5.91 Å². The Morgan fingerprint density at radius 2 is 1.95 bits per heavy atom. The van der Waals surface area contributed by atoms with E-state index in [0.717, 1.165) is 18.4 Å². The summed E-state index contributed by atoms with van der Waals surface area (Å²) in [6, 6.07) is 9.62. The number of ether oxygens (including phenoxy) is 1. The minimum absolute atomic E-state index is 0.0628. The van der Waals surface area contributed by atoms with Gasteiger partial charge in [0.05, 0.1) is 6.04 Å². The van der Waals surface area contributed by atoms with Crippen molar-refractivity contribution in [3.63, 3.8) is 0 Å². The Labute approximate surface area is 112 Å². The van der Waals surface area contributed by atoms with Gasteiger partial charge in [-0.2, -0.15) is 0 Å². The molecule has 0 bridgehead atoms. The molecule has 0 radical (unpaired) electrons. The van der Waals surface area contributed by atoms with Gasteiger partial charge in [0.25, 0.3) is 0 Å².